The van der Waals surface area contributed by atoms with Crippen LogP contribution in [-0.4, -0.2) is 24.1 Å². The number of rotatable bonds is 5. The van der Waals surface area contributed by atoms with Gasteiger partial charge in [0.15, 0.2) is 0 Å². The van der Waals surface area contributed by atoms with Gasteiger partial charge in [-0.1, -0.05) is 42.1 Å². The topological polar surface area (TPSA) is 82.6 Å². The van der Waals surface area contributed by atoms with Gasteiger partial charge >= 0.3 is 11.8 Å². The Balaban J connectivity index is 1.66. The van der Waals surface area contributed by atoms with E-state index in [4.69, 9.17) is 23.2 Å². The second-order valence-electron chi connectivity index (χ2n) is 6.97. The molecule has 3 rings (SSSR count). The van der Waals surface area contributed by atoms with Crippen LogP contribution >= 0.6 is 23.2 Å². The van der Waals surface area contributed by atoms with Crippen molar-refractivity contribution in [2.75, 3.05) is 5.32 Å². The molecule has 2 aromatic rings. The molecule has 1 fully saturated rings. The van der Waals surface area contributed by atoms with E-state index in [-0.39, 0.29) is 6.04 Å². The lowest BCUT2D eigenvalue weighted by Crippen LogP contribution is -2.42. The Bertz CT molecular complexity index is 940. The monoisotopic (exact) mass is 432 g/mol. The smallest absolute Gasteiger partial charge is 0.329 e. The zero-order chi connectivity index (χ0) is 20.8. The van der Waals surface area contributed by atoms with E-state index in [9.17, 15) is 9.59 Å². The van der Waals surface area contributed by atoms with E-state index >= 15 is 0 Å². The molecule has 0 aromatic heterocycles. The maximum absolute atomic E-state index is 11.9. The van der Waals surface area contributed by atoms with Crippen molar-refractivity contribution in [3.63, 3.8) is 0 Å². The summed E-state index contributed by atoms with van der Waals surface area (Å²) in [6, 6.07) is 11.0. The number of nitrogens with zero attached hydrogens (tertiary/aromatic N) is 1. The first kappa shape index (κ1) is 21.1. The van der Waals surface area contributed by atoms with Gasteiger partial charge in [-0.05, 0) is 55.7 Å². The Labute approximate surface area is 179 Å². The van der Waals surface area contributed by atoms with E-state index in [0.29, 0.717) is 15.6 Å². The molecule has 6 nitrogen and oxygen atoms in total. The van der Waals surface area contributed by atoms with Gasteiger partial charge in [-0.25, -0.2) is 5.43 Å². The number of hydrogen-bond acceptors (Lipinski definition) is 4. The molecular formula is C21H22Cl2N4O2. The zero-order valence-electron chi connectivity index (χ0n) is 16.0. The SMILES string of the molecule is Cc1ccc(Nc2ccc(Cl)cc2/C=N\NC(=O)C(=O)NC2CCCC2)cc1Cl. The average molecular weight is 433 g/mol. The van der Waals surface area contributed by atoms with Gasteiger partial charge in [-0.3, -0.25) is 9.59 Å². The number of nitrogens with one attached hydrogen (secondary N) is 3. The third kappa shape index (κ3) is 5.95. The number of carbonyl (C=O) groups is 2. The normalized spacial score (nSPS) is 14.2. The summed E-state index contributed by atoms with van der Waals surface area (Å²) >= 11 is 12.3. The average Bonchev–Trinajstić information content (AvgIpc) is 3.19. The number of carbonyl (C=O) groups excluding carboxylic acids is 2. The molecule has 3 N–H and O–H groups in total. The highest BCUT2D eigenvalue weighted by Crippen LogP contribution is 2.26. The number of aryl methyl sites for hydroxylation is 1. The van der Waals surface area contributed by atoms with Gasteiger partial charge in [0.25, 0.3) is 0 Å². The van der Waals surface area contributed by atoms with Crippen LogP contribution in [0.15, 0.2) is 41.5 Å². The summed E-state index contributed by atoms with van der Waals surface area (Å²) in [5.41, 5.74) is 5.41. The van der Waals surface area contributed by atoms with E-state index in [1.165, 1.54) is 6.21 Å². The van der Waals surface area contributed by atoms with Crippen molar-refractivity contribution < 1.29 is 9.59 Å². The summed E-state index contributed by atoms with van der Waals surface area (Å²) in [4.78, 5) is 23.9. The fraction of sp³-hybridized carbons (Fsp3) is 0.286. The lowest BCUT2D eigenvalue weighted by atomic mass is 10.1. The van der Waals surface area contributed by atoms with E-state index in [1.54, 1.807) is 18.2 Å². The Morgan fingerprint density at radius 1 is 1.07 bits per heavy atom. The van der Waals surface area contributed by atoms with Gasteiger partial charge in [0, 0.05) is 33.0 Å². The Kier molecular flexibility index (Phi) is 7.12. The molecule has 0 spiro atoms. The molecule has 0 atom stereocenters. The number of anilines is 2. The van der Waals surface area contributed by atoms with Crippen molar-refractivity contribution in [2.45, 2.75) is 38.6 Å². The second kappa shape index (κ2) is 9.76. The largest absolute Gasteiger partial charge is 0.355 e. The Morgan fingerprint density at radius 2 is 1.83 bits per heavy atom. The maximum Gasteiger partial charge on any atom is 0.329 e. The van der Waals surface area contributed by atoms with Crippen LogP contribution in [0.25, 0.3) is 0 Å². The Hall–Kier alpha value is -2.57. The molecule has 1 aliphatic carbocycles. The predicted molar refractivity (Wildman–Crippen MR) is 117 cm³/mol. The molecule has 0 aliphatic heterocycles. The molecule has 0 saturated heterocycles. The van der Waals surface area contributed by atoms with Crippen molar-refractivity contribution in [1.29, 1.82) is 0 Å². The lowest BCUT2D eigenvalue weighted by Gasteiger charge is -2.11. The summed E-state index contributed by atoms with van der Waals surface area (Å²) in [6.45, 7) is 1.93. The van der Waals surface area contributed by atoms with Crippen LogP contribution in [0, 0.1) is 6.92 Å². The summed E-state index contributed by atoms with van der Waals surface area (Å²) in [5.74, 6) is -1.47. The number of hydrogen-bond donors (Lipinski definition) is 3. The highest BCUT2D eigenvalue weighted by Gasteiger charge is 2.21. The van der Waals surface area contributed by atoms with E-state index in [1.807, 2.05) is 25.1 Å². The molecule has 2 aromatic carbocycles. The molecular weight excluding hydrogens is 411 g/mol. The third-order valence-electron chi connectivity index (χ3n) is 4.73. The van der Waals surface area contributed by atoms with Crippen LogP contribution in [-0.2, 0) is 9.59 Å². The van der Waals surface area contributed by atoms with Crippen molar-refractivity contribution >= 4 is 52.6 Å². The van der Waals surface area contributed by atoms with Gasteiger partial charge < -0.3 is 10.6 Å². The van der Waals surface area contributed by atoms with Gasteiger partial charge in [0.1, 0.15) is 0 Å². The van der Waals surface area contributed by atoms with Crippen molar-refractivity contribution in [1.82, 2.24) is 10.7 Å². The van der Waals surface area contributed by atoms with Gasteiger partial charge in [-0.2, -0.15) is 5.10 Å². The number of hydrazone groups is 1. The first-order valence-electron chi connectivity index (χ1n) is 9.39. The fourth-order valence-electron chi connectivity index (χ4n) is 3.11. The van der Waals surface area contributed by atoms with Crippen LogP contribution in [0.3, 0.4) is 0 Å². The number of halogens is 2. The Morgan fingerprint density at radius 3 is 2.55 bits per heavy atom. The summed E-state index contributed by atoms with van der Waals surface area (Å²) in [5, 5.41) is 11.0. The zero-order valence-corrected chi connectivity index (χ0v) is 17.5. The molecule has 29 heavy (non-hydrogen) atoms. The van der Waals surface area contributed by atoms with Crippen molar-refractivity contribution in [2.24, 2.45) is 5.10 Å². The minimum absolute atomic E-state index is 0.0716. The molecule has 0 bridgehead atoms. The highest BCUT2D eigenvalue weighted by atomic mass is 35.5. The quantitative estimate of drug-likeness (QED) is 0.368. The number of amides is 2. The maximum atomic E-state index is 11.9. The standard InChI is InChI=1S/C21H22Cl2N4O2/c1-13-6-8-17(11-18(13)23)25-19-9-7-15(22)10-14(19)12-24-27-21(29)20(28)26-16-4-2-3-5-16/h6-12,16,25H,2-5H2,1H3,(H,26,28)(H,27,29)/b24-12-. The number of benzene rings is 2. The van der Waals surface area contributed by atoms with E-state index < -0.39 is 11.8 Å². The first-order valence-corrected chi connectivity index (χ1v) is 10.1. The molecule has 152 valence electrons. The lowest BCUT2D eigenvalue weighted by molar-refractivity contribution is -0.139. The van der Waals surface area contributed by atoms with Gasteiger partial charge in [0.05, 0.1) is 6.21 Å². The van der Waals surface area contributed by atoms with Crippen LogP contribution in [0.1, 0.15) is 36.8 Å². The molecule has 0 radical (unpaired) electrons. The van der Waals surface area contributed by atoms with E-state index in [2.05, 4.69) is 21.2 Å². The molecule has 8 heteroatoms. The molecule has 1 saturated carbocycles. The van der Waals surface area contributed by atoms with Crippen molar-refractivity contribution in [3.8, 4) is 0 Å². The molecule has 0 unspecified atom stereocenters. The van der Waals surface area contributed by atoms with Crippen LogP contribution in [0.4, 0.5) is 11.4 Å². The van der Waals surface area contributed by atoms with E-state index in [0.717, 1.165) is 42.6 Å². The minimum Gasteiger partial charge on any atom is -0.355 e. The molecule has 0 heterocycles. The summed E-state index contributed by atoms with van der Waals surface area (Å²) in [6.07, 6.45) is 5.39. The van der Waals surface area contributed by atoms with Gasteiger partial charge in [0.2, 0.25) is 0 Å². The van der Waals surface area contributed by atoms with Gasteiger partial charge in [-0.15, -0.1) is 0 Å². The second-order valence-corrected chi connectivity index (χ2v) is 7.82. The summed E-state index contributed by atoms with van der Waals surface area (Å²) in [7, 11) is 0. The van der Waals surface area contributed by atoms with Crippen LogP contribution in [0.2, 0.25) is 10.0 Å². The van der Waals surface area contributed by atoms with Crippen molar-refractivity contribution in [3.05, 3.63) is 57.6 Å². The highest BCUT2D eigenvalue weighted by molar-refractivity contribution is 6.35. The summed E-state index contributed by atoms with van der Waals surface area (Å²) < 4.78 is 0. The van der Waals surface area contributed by atoms with Crippen LogP contribution in [0.5, 0.6) is 0 Å². The molecule has 2 amide bonds. The molecule has 1 aliphatic rings. The third-order valence-corrected chi connectivity index (χ3v) is 5.37. The first-order chi connectivity index (χ1) is 13.9. The predicted octanol–water partition coefficient (Wildman–Crippen LogP) is 4.55. The van der Waals surface area contributed by atoms with Crippen LogP contribution < -0.4 is 16.1 Å². The fourth-order valence-corrected chi connectivity index (χ4v) is 3.47. The minimum atomic E-state index is -0.796.